The lowest BCUT2D eigenvalue weighted by atomic mass is 9.52. The average Bonchev–Trinajstić information content (AvgIpc) is 1.53. The number of hydrogen-bond acceptors (Lipinski definition) is 19. The molecule has 15 rings (SSSR count). The molecule has 9 saturated carbocycles. The number of hydrogen-bond donors (Lipinski definition) is 3. The molecule has 634 valence electrons. The molecule has 31 heteroatoms. The van der Waals surface area contributed by atoms with Gasteiger partial charge in [0.25, 0.3) is 11.2 Å². The zero-order valence-electron chi connectivity index (χ0n) is 66.6. The molecule has 6 heterocycles. The van der Waals surface area contributed by atoms with Crippen molar-refractivity contribution in [1.82, 2.24) is 0 Å². The van der Waals surface area contributed by atoms with Gasteiger partial charge >= 0.3 is 66.5 Å². The number of rotatable bonds is 18. The molecule has 9 aliphatic carbocycles. The molecule has 6 aliphatic heterocycles. The first-order valence-corrected chi connectivity index (χ1v) is 40.1. The topological polar surface area (TPSA) is 263 Å². The van der Waals surface area contributed by atoms with Gasteiger partial charge < -0.3 is 58.0 Å². The van der Waals surface area contributed by atoms with E-state index in [0.717, 1.165) is 81.0 Å². The Morgan fingerprint density at radius 2 is 0.802 bits per heavy atom. The summed E-state index contributed by atoms with van der Waals surface area (Å²) in [6.45, 7) is 29.5. The number of fused-ring (bicyclic) bond motifs is 11. The molecule has 3 N–H and O–H groups in total. The fourth-order valence-electron chi connectivity index (χ4n) is 20.9. The highest BCUT2D eigenvalue weighted by Gasteiger charge is 2.79. The van der Waals surface area contributed by atoms with E-state index >= 15 is 0 Å². The lowest BCUT2D eigenvalue weighted by molar-refractivity contribution is -0.405. The van der Waals surface area contributed by atoms with Gasteiger partial charge in [0.2, 0.25) is 0 Å². The first-order valence-electron chi connectivity index (χ1n) is 40.1. The Morgan fingerprint density at radius 3 is 1.17 bits per heavy atom. The van der Waals surface area contributed by atoms with Gasteiger partial charge in [-0.05, 0) is 245 Å². The van der Waals surface area contributed by atoms with E-state index in [-0.39, 0.29) is 95.1 Å². The molecular weight excluding hydrogens is 1490 g/mol. The maximum absolute atomic E-state index is 13.3. The summed E-state index contributed by atoms with van der Waals surface area (Å²) in [4.78, 5) is 84.5. The smallest absolute Gasteiger partial charge is 0.426 e. The van der Waals surface area contributed by atoms with Crippen LogP contribution in [0.5, 0.6) is 0 Å². The van der Waals surface area contributed by atoms with Crippen LogP contribution < -0.4 is 0 Å². The normalized spacial score (nSPS) is 38.0. The minimum Gasteiger partial charge on any atom is -0.462 e. The Bertz CT molecular complexity index is 3290. The fourth-order valence-corrected chi connectivity index (χ4v) is 20.9. The van der Waals surface area contributed by atoms with Gasteiger partial charge in [-0.1, -0.05) is 41.5 Å². The van der Waals surface area contributed by atoms with Crippen molar-refractivity contribution in [3.63, 3.8) is 0 Å². The Hall–Kier alpha value is -4.75. The van der Waals surface area contributed by atoms with Gasteiger partial charge in [-0.15, -0.1) is 0 Å². The number of halogens is 12. The number of carbonyl (C=O) groups is 7. The number of aliphatic hydroxyl groups is 3. The summed E-state index contributed by atoms with van der Waals surface area (Å²) in [5.41, 5.74) is -15.7. The van der Waals surface area contributed by atoms with E-state index in [4.69, 9.17) is 42.6 Å². The molecule has 0 aromatic heterocycles. The molecule has 0 aromatic carbocycles. The monoisotopic (exact) mass is 1610 g/mol. The third kappa shape index (κ3) is 16.2. The molecule has 0 spiro atoms. The zero-order chi connectivity index (χ0) is 83.1. The van der Waals surface area contributed by atoms with E-state index in [1.807, 2.05) is 76.2 Å². The lowest BCUT2D eigenvalue weighted by Gasteiger charge is -2.59. The molecule has 0 amide bonds. The van der Waals surface area contributed by atoms with Gasteiger partial charge in [0.1, 0.15) is 29.5 Å². The molecule has 21 atom stereocenters. The summed E-state index contributed by atoms with van der Waals surface area (Å²) in [6.07, 6.45) is -18.5. The van der Waals surface area contributed by atoms with Crippen LogP contribution in [0.1, 0.15) is 252 Å². The molecule has 15 fully saturated rings. The number of esters is 7. The van der Waals surface area contributed by atoms with Crippen molar-refractivity contribution < 1.29 is 144 Å². The maximum Gasteiger partial charge on any atom is 0.426 e. The Balaban J connectivity index is 0.000000151. The van der Waals surface area contributed by atoms with Gasteiger partial charge in [0, 0.05) is 24.2 Å². The summed E-state index contributed by atoms with van der Waals surface area (Å²) in [7, 11) is 0. The number of alkyl halides is 12. The van der Waals surface area contributed by atoms with Gasteiger partial charge in [0.15, 0.2) is 24.4 Å². The van der Waals surface area contributed by atoms with Gasteiger partial charge in [-0.2, -0.15) is 52.7 Å². The molecule has 21 unspecified atom stereocenters. The number of ether oxygens (including phenoxy) is 9. The molecule has 111 heavy (non-hydrogen) atoms. The van der Waals surface area contributed by atoms with Crippen molar-refractivity contribution in [3.05, 3.63) is 0 Å². The molecule has 0 radical (unpaired) electrons. The summed E-state index contributed by atoms with van der Waals surface area (Å²) in [6, 6.07) is 0. The predicted octanol–water partition coefficient (Wildman–Crippen LogP) is 15.4. The Labute approximate surface area is 641 Å². The van der Waals surface area contributed by atoms with Crippen molar-refractivity contribution in [2.45, 2.75) is 360 Å². The largest absolute Gasteiger partial charge is 0.462 e. The highest BCUT2D eigenvalue weighted by atomic mass is 19.4. The van der Waals surface area contributed by atoms with E-state index in [2.05, 4.69) is 13.8 Å². The standard InChI is InChI=1S/C20H32O2.C18H22F12O4.C16H26O3.2C13H18O5/c1-5-19(3,4)18(21)22-20(6-2)11-14-10-15(20)17-13-8-7-12(9-13)16(14)17;1-4-12(2,3)11(31)34-10-6-8(13(32,15(19,20)21)16(22,23)24)5-9(7-10)14(33,17(25,26)27)18(28,29)30;1-4-14(2,3)13(17)19-16-8-11-5-12(9-16)7-15(18,6-11)10-16;2*1-4-13(2,3)12(15)18-9-7-5-6-8(16-7)10(9)17-11(6)14/h12-17H,5-11H2,1-4H3;8-10,32-33H,4-7H2,1-3H3;11-12,18H,4-10H2,1-3H3;2*6-10H,4-5H2,1-3H3. The lowest BCUT2D eigenvalue weighted by Crippen LogP contribution is -2.67. The van der Waals surface area contributed by atoms with Gasteiger partial charge in [-0.3, -0.25) is 33.6 Å². The summed E-state index contributed by atoms with van der Waals surface area (Å²) in [5.74, 6) is -2.81. The van der Waals surface area contributed by atoms with E-state index < -0.39 is 131 Å². The van der Waals surface area contributed by atoms with Crippen LogP contribution in [0.2, 0.25) is 0 Å². The SMILES string of the molecule is CCC(C)(C)C(=O)OC1(CC)CC2CC1C1C3CCC(C3)C21.CCC(C)(C)C(=O)OC12CC3CC(CC(O)(C3)C1)C2.CCC(C)(C)C(=O)OC1C2CC3C(=O)OC1C3O2.CCC(C)(C)C(=O)OC1C2CC3C(=O)OC1C3O2.CCC(C)(C)C(=O)OC1CC(C(O)(C(F)(F)F)C(F)(F)F)CC(C(O)(C(F)(F)F)C(F)(F)F)C1. The second kappa shape index (κ2) is 30.3. The first-order chi connectivity index (χ1) is 50.8. The van der Waals surface area contributed by atoms with Crippen LogP contribution in [-0.4, -0.2) is 165 Å². The van der Waals surface area contributed by atoms with Crippen LogP contribution in [0.4, 0.5) is 52.7 Å². The zero-order valence-corrected chi connectivity index (χ0v) is 66.6. The van der Waals surface area contributed by atoms with Crippen molar-refractivity contribution in [2.24, 2.45) is 98.1 Å². The molecule has 15 aliphatic rings. The maximum atomic E-state index is 13.3. The highest BCUT2D eigenvalue weighted by molar-refractivity contribution is 5.80. The summed E-state index contributed by atoms with van der Waals surface area (Å²) < 4.78 is 210. The second-order valence-electron chi connectivity index (χ2n) is 38.2. The van der Waals surface area contributed by atoms with E-state index in [1.54, 1.807) is 0 Å². The first kappa shape index (κ1) is 88.6. The van der Waals surface area contributed by atoms with Crippen LogP contribution in [-0.2, 0) is 76.2 Å². The van der Waals surface area contributed by atoms with Crippen LogP contribution in [0, 0.1) is 98.1 Å². The molecule has 0 aromatic rings. The van der Waals surface area contributed by atoms with Crippen molar-refractivity contribution in [2.75, 3.05) is 0 Å². The highest BCUT2D eigenvalue weighted by Crippen LogP contribution is 2.71. The number of carbonyl (C=O) groups excluding carboxylic acids is 7. The minimum atomic E-state index is -6.58. The third-order valence-electron chi connectivity index (χ3n) is 29.2. The quantitative estimate of drug-likeness (QED) is 0.0498. The van der Waals surface area contributed by atoms with Crippen LogP contribution in [0.3, 0.4) is 0 Å². The van der Waals surface area contributed by atoms with Crippen LogP contribution in [0.15, 0.2) is 0 Å². The molecule has 19 nitrogen and oxygen atoms in total. The second-order valence-corrected chi connectivity index (χ2v) is 38.2. The van der Waals surface area contributed by atoms with Crippen molar-refractivity contribution >= 4 is 41.8 Å². The Kier molecular flexibility index (Phi) is 24.2. The predicted molar refractivity (Wildman–Crippen MR) is 370 cm³/mol. The average molecular weight is 1610 g/mol. The minimum absolute atomic E-state index is 0.0184. The van der Waals surface area contributed by atoms with Crippen molar-refractivity contribution in [1.29, 1.82) is 0 Å². The summed E-state index contributed by atoms with van der Waals surface area (Å²) in [5, 5.41) is 29.9. The van der Waals surface area contributed by atoms with E-state index in [1.165, 1.54) is 52.9 Å². The van der Waals surface area contributed by atoms with Crippen LogP contribution >= 0.6 is 0 Å². The van der Waals surface area contributed by atoms with Crippen LogP contribution in [0.25, 0.3) is 0 Å². The van der Waals surface area contributed by atoms with E-state index in [9.17, 15) is 102 Å². The Morgan fingerprint density at radius 1 is 0.432 bits per heavy atom. The molecular formula is C80H116F12O19. The van der Waals surface area contributed by atoms with E-state index in [0.29, 0.717) is 49.9 Å². The fraction of sp³-hybridized carbons (Fsp3) is 0.912. The van der Waals surface area contributed by atoms with Gasteiger partial charge in [0.05, 0.1) is 56.7 Å². The summed E-state index contributed by atoms with van der Waals surface area (Å²) >= 11 is 0. The van der Waals surface area contributed by atoms with Gasteiger partial charge in [-0.25, -0.2) is 0 Å². The third-order valence-corrected chi connectivity index (χ3v) is 29.2. The van der Waals surface area contributed by atoms with Crippen molar-refractivity contribution in [3.8, 4) is 0 Å². The molecule has 12 bridgehead atoms. The molecule has 6 saturated heterocycles.